The molecule has 0 aliphatic carbocycles. The first-order valence-electron chi connectivity index (χ1n) is 12.0. The van der Waals surface area contributed by atoms with Crippen molar-refractivity contribution in [3.8, 4) is 5.75 Å². The first-order valence-corrected chi connectivity index (χ1v) is 15.2. The van der Waals surface area contributed by atoms with Gasteiger partial charge < -0.3 is 9.47 Å². The first kappa shape index (κ1) is 28.1. The van der Waals surface area contributed by atoms with Crippen LogP contribution in [0.25, 0.3) is 10.2 Å². The predicted octanol–water partition coefficient (Wildman–Crippen LogP) is 4.92. The van der Waals surface area contributed by atoms with Crippen molar-refractivity contribution in [3.05, 3.63) is 46.4 Å². The predicted molar refractivity (Wildman–Crippen MR) is 148 cm³/mol. The van der Waals surface area contributed by atoms with E-state index >= 15 is 0 Å². The minimum absolute atomic E-state index is 0.0746. The normalized spacial score (nSPS) is 14.7. The molecular formula is C25H29Cl2N3O5S2. The number of carbonyl (C=O) groups excluding carboxylic acids is 1. The van der Waals surface area contributed by atoms with Crippen LogP contribution >= 0.6 is 34.5 Å². The van der Waals surface area contributed by atoms with Gasteiger partial charge in [-0.15, -0.1) is 0 Å². The Labute approximate surface area is 231 Å². The topological polar surface area (TPSA) is 89.0 Å². The lowest BCUT2D eigenvalue weighted by atomic mass is 10.2. The van der Waals surface area contributed by atoms with Gasteiger partial charge in [-0.2, -0.15) is 0 Å². The van der Waals surface area contributed by atoms with E-state index in [1.807, 2.05) is 0 Å². The molecule has 200 valence electrons. The molecule has 0 spiro atoms. The number of amides is 1. The lowest BCUT2D eigenvalue weighted by Gasteiger charge is -2.27. The molecule has 1 aliphatic rings. The van der Waals surface area contributed by atoms with Crippen LogP contribution in [0, 0.1) is 0 Å². The molecule has 1 saturated heterocycles. The van der Waals surface area contributed by atoms with Crippen molar-refractivity contribution in [2.45, 2.75) is 24.2 Å². The van der Waals surface area contributed by atoms with E-state index in [2.05, 4.69) is 4.90 Å². The number of rotatable bonds is 11. The van der Waals surface area contributed by atoms with Gasteiger partial charge in [0.15, 0.2) is 15.0 Å². The Morgan fingerprint density at radius 2 is 1.86 bits per heavy atom. The Balaban J connectivity index is 1.48. The minimum Gasteiger partial charge on any atom is -0.494 e. The van der Waals surface area contributed by atoms with Crippen molar-refractivity contribution in [2.75, 3.05) is 57.2 Å². The second-order valence-corrected chi connectivity index (χ2v) is 12.6. The van der Waals surface area contributed by atoms with Gasteiger partial charge in [0, 0.05) is 37.6 Å². The number of sulfone groups is 1. The number of aromatic nitrogens is 1. The molecule has 8 nitrogen and oxygen atoms in total. The van der Waals surface area contributed by atoms with Gasteiger partial charge in [0.2, 0.25) is 5.91 Å². The van der Waals surface area contributed by atoms with Crippen molar-refractivity contribution in [2.24, 2.45) is 0 Å². The highest BCUT2D eigenvalue weighted by molar-refractivity contribution is 7.91. The van der Waals surface area contributed by atoms with Crippen molar-refractivity contribution in [1.29, 1.82) is 0 Å². The van der Waals surface area contributed by atoms with Crippen molar-refractivity contribution >= 4 is 65.6 Å². The summed E-state index contributed by atoms with van der Waals surface area (Å²) in [7, 11) is -1.96. The van der Waals surface area contributed by atoms with E-state index in [9.17, 15) is 13.2 Å². The average Bonchev–Trinajstić information content (AvgIpc) is 3.33. The van der Waals surface area contributed by atoms with Crippen LogP contribution in [0.2, 0.25) is 10.0 Å². The number of anilines is 1. The molecule has 0 unspecified atom stereocenters. The highest BCUT2D eigenvalue weighted by Crippen LogP contribution is 2.39. The van der Waals surface area contributed by atoms with Crippen LogP contribution in [-0.2, 0) is 19.4 Å². The maximum atomic E-state index is 13.4. The number of methoxy groups -OCH3 is 1. The molecule has 2 aromatic carbocycles. The molecule has 0 bridgehead atoms. The van der Waals surface area contributed by atoms with Gasteiger partial charge >= 0.3 is 0 Å². The standard InChI is InChI=1S/C25H29Cl2N3O5S2/c1-34-21-10-9-20(27)24-23(21)28-25(36-24)30(12-3-11-29-13-15-35-16-14-29)22(31)4-2-17-37(32,33)19-7-5-18(26)6-8-19/h5-10H,2-4,11-17H2,1H3. The maximum absolute atomic E-state index is 13.4. The molecule has 0 radical (unpaired) electrons. The molecule has 3 aromatic rings. The third kappa shape index (κ3) is 7.13. The Morgan fingerprint density at radius 1 is 1.14 bits per heavy atom. The van der Waals surface area contributed by atoms with Crippen molar-refractivity contribution < 1.29 is 22.7 Å². The monoisotopic (exact) mass is 585 g/mol. The number of ether oxygens (including phenoxy) is 2. The number of carbonyl (C=O) groups is 1. The van der Waals surface area contributed by atoms with Crippen LogP contribution < -0.4 is 9.64 Å². The quantitative estimate of drug-likeness (QED) is 0.315. The van der Waals surface area contributed by atoms with Crippen LogP contribution in [-0.4, -0.2) is 76.5 Å². The summed E-state index contributed by atoms with van der Waals surface area (Å²) >= 11 is 13.6. The lowest BCUT2D eigenvalue weighted by molar-refractivity contribution is -0.118. The van der Waals surface area contributed by atoms with Gasteiger partial charge in [-0.25, -0.2) is 13.4 Å². The number of fused-ring (bicyclic) bond motifs is 1. The molecule has 4 rings (SSSR count). The summed E-state index contributed by atoms with van der Waals surface area (Å²) in [5, 5.41) is 1.53. The first-order chi connectivity index (χ1) is 17.8. The third-order valence-corrected chi connectivity index (χ3v) is 9.74. The largest absolute Gasteiger partial charge is 0.494 e. The fourth-order valence-corrected chi connectivity index (χ4v) is 6.87. The number of hydrogen-bond acceptors (Lipinski definition) is 8. The molecule has 1 fully saturated rings. The van der Waals surface area contributed by atoms with Crippen molar-refractivity contribution in [1.82, 2.24) is 9.88 Å². The molecule has 1 amide bonds. The van der Waals surface area contributed by atoms with Gasteiger partial charge in [-0.1, -0.05) is 34.5 Å². The Kier molecular flexibility index (Phi) is 9.66. The molecule has 0 N–H and O–H groups in total. The van der Waals surface area contributed by atoms with Crippen LogP contribution in [0.4, 0.5) is 5.13 Å². The van der Waals surface area contributed by atoms with Gasteiger partial charge in [-0.3, -0.25) is 14.6 Å². The molecule has 0 saturated carbocycles. The zero-order chi connectivity index (χ0) is 26.4. The van der Waals surface area contributed by atoms with E-state index in [0.29, 0.717) is 46.2 Å². The minimum atomic E-state index is -3.52. The summed E-state index contributed by atoms with van der Waals surface area (Å²) in [5.74, 6) is 0.265. The van der Waals surface area contributed by atoms with Crippen LogP contribution in [0.1, 0.15) is 19.3 Å². The van der Waals surface area contributed by atoms with Crippen LogP contribution in [0.5, 0.6) is 5.75 Å². The van der Waals surface area contributed by atoms with Crippen LogP contribution in [0.3, 0.4) is 0 Å². The average molecular weight is 587 g/mol. The SMILES string of the molecule is COc1ccc(Cl)c2sc(N(CCCN3CCOCC3)C(=O)CCCS(=O)(=O)c3ccc(Cl)cc3)nc12. The van der Waals surface area contributed by atoms with E-state index in [-0.39, 0.29) is 29.4 Å². The van der Waals surface area contributed by atoms with Gasteiger partial charge in [0.25, 0.3) is 0 Å². The van der Waals surface area contributed by atoms with E-state index in [4.69, 9.17) is 37.7 Å². The van der Waals surface area contributed by atoms with Gasteiger partial charge in [0.05, 0.1) is 40.7 Å². The summed E-state index contributed by atoms with van der Waals surface area (Å²) in [6.45, 7) is 4.43. The molecule has 37 heavy (non-hydrogen) atoms. The fourth-order valence-electron chi connectivity index (χ4n) is 4.13. The molecular weight excluding hydrogens is 557 g/mol. The highest BCUT2D eigenvalue weighted by Gasteiger charge is 2.23. The van der Waals surface area contributed by atoms with Crippen molar-refractivity contribution in [3.63, 3.8) is 0 Å². The Bertz CT molecular complexity index is 1330. The number of hydrogen-bond donors (Lipinski definition) is 0. The summed E-state index contributed by atoms with van der Waals surface area (Å²) < 4.78 is 37.0. The summed E-state index contributed by atoms with van der Waals surface area (Å²) in [6, 6.07) is 9.55. The second kappa shape index (κ2) is 12.7. The summed E-state index contributed by atoms with van der Waals surface area (Å²) in [6.07, 6.45) is 1.01. The second-order valence-electron chi connectivity index (χ2n) is 8.65. The summed E-state index contributed by atoms with van der Waals surface area (Å²) in [5.41, 5.74) is 0.603. The Hall–Kier alpha value is -1.95. The van der Waals surface area contributed by atoms with E-state index < -0.39 is 9.84 Å². The molecule has 1 aliphatic heterocycles. The Morgan fingerprint density at radius 3 is 2.57 bits per heavy atom. The summed E-state index contributed by atoms with van der Waals surface area (Å²) in [4.78, 5) is 22.2. The van der Waals surface area contributed by atoms with Gasteiger partial charge in [-0.05, 0) is 49.2 Å². The number of morpholine rings is 1. The smallest absolute Gasteiger partial charge is 0.228 e. The zero-order valence-corrected chi connectivity index (χ0v) is 23.6. The molecule has 1 aromatic heterocycles. The number of benzene rings is 2. The molecule has 0 atom stereocenters. The maximum Gasteiger partial charge on any atom is 0.228 e. The van der Waals surface area contributed by atoms with E-state index in [1.165, 1.54) is 23.5 Å². The third-order valence-electron chi connectivity index (χ3n) is 6.14. The van der Waals surface area contributed by atoms with Gasteiger partial charge in [0.1, 0.15) is 11.3 Å². The lowest BCUT2D eigenvalue weighted by Crippen LogP contribution is -2.39. The molecule has 12 heteroatoms. The van der Waals surface area contributed by atoms with E-state index in [1.54, 1.807) is 36.3 Å². The fraction of sp³-hybridized carbons (Fsp3) is 0.440. The molecule has 2 heterocycles. The number of thiazole rings is 1. The zero-order valence-electron chi connectivity index (χ0n) is 20.5. The highest BCUT2D eigenvalue weighted by atomic mass is 35.5. The number of nitrogens with zero attached hydrogens (tertiary/aromatic N) is 3. The van der Waals surface area contributed by atoms with Crippen LogP contribution in [0.15, 0.2) is 41.3 Å². The van der Waals surface area contributed by atoms with E-state index in [0.717, 1.165) is 30.8 Å². The number of halogens is 2.